The SMILES string of the molecule is CC(C)N(C)CCCNc1cccc(Cl)c1N. The lowest BCUT2D eigenvalue weighted by atomic mass is 10.2. The summed E-state index contributed by atoms with van der Waals surface area (Å²) in [5.74, 6) is 0. The molecule has 0 bridgehead atoms. The first-order chi connectivity index (χ1) is 8.02. The van der Waals surface area contributed by atoms with Crippen molar-refractivity contribution < 1.29 is 0 Å². The van der Waals surface area contributed by atoms with E-state index in [0.29, 0.717) is 16.8 Å². The lowest BCUT2D eigenvalue weighted by Gasteiger charge is -2.21. The Morgan fingerprint density at radius 3 is 2.76 bits per heavy atom. The minimum atomic E-state index is 0.589. The fraction of sp³-hybridized carbons (Fsp3) is 0.538. The van der Waals surface area contributed by atoms with Crippen LogP contribution in [0.25, 0.3) is 0 Å². The number of nitrogens with one attached hydrogen (secondary N) is 1. The normalized spacial score (nSPS) is 11.2. The third-order valence-corrected chi connectivity index (χ3v) is 3.27. The number of hydrogen-bond donors (Lipinski definition) is 2. The molecule has 0 saturated carbocycles. The van der Waals surface area contributed by atoms with Crippen LogP contribution < -0.4 is 11.1 Å². The molecule has 4 heteroatoms. The molecule has 3 N–H and O–H groups in total. The van der Waals surface area contributed by atoms with Crippen LogP contribution in [0, 0.1) is 0 Å². The summed E-state index contributed by atoms with van der Waals surface area (Å²) >= 11 is 5.95. The zero-order chi connectivity index (χ0) is 12.8. The Balaban J connectivity index is 2.34. The molecule has 0 radical (unpaired) electrons. The third kappa shape index (κ3) is 4.44. The molecule has 0 atom stereocenters. The minimum Gasteiger partial charge on any atom is -0.396 e. The molecular weight excluding hydrogens is 234 g/mol. The van der Waals surface area contributed by atoms with Crippen molar-refractivity contribution in [1.29, 1.82) is 0 Å². The van der Waals surface area contributed by atoms with Gasteiger partial charge in [0.2, 0.25) is 0 Å². The van der Waals surface area contributed by atoms with Crippen molar-refractivity contribution in [2.75, 3.05) is 31.2 Å². The Morgan fingerprint density at radius 2 is 2.12 bits per heavy atom. The van der Waals surface area contributed by atoms with Gasteiger partial charge in [0.15, 0.2) is 0 Å². The zero-order valence-corrected chi connectivity index (χ0v) is 11.6. The molecule has 96 valence electrons. The molecule has 0 amide bonds. The van der Waals surface area contributed by atoms with E-state index in [1.54, 1.807) is 6.07 Å². The van der Waals surface area contributed by atoms with Gasteiger partial charge in [0.05, 0.1) is 16.4 Å². The molecule has 0 aliphatic carbocycles. The van der Waals surface area contributed by atoms with Gasteiger partial charge in [0, 0.05) is 12.6 Å². The summed E-state index contributed by atoms with van der Waals surface area (Å²) in [6.45, 7) is 6.37. The van der Waals surface area contributed by atoms with Gasteiger partial charge in [-0.25, -0.2) is 0 Å². The minimum absolute atomic E-state index is 0.589. The average Bonchev–Trinajstić information content (AvgIpc) is 2.29. The van der Waals surface area contributed by atoms with Gasteiger partial charge in [0.25, 0.3) is 0 Å². The van der Waals surface area contributed by atoms with Crippen LogP contribution in [0.2, 0.25) is 5.02 Å². The molecule has 0 unspecified atom stereocenters. The molecule has 0 spiro atoms. The highest BCUT2D eigenvalue weighted by molar-refractivity contribution is 6.33. The fourth-order valence-electron chi connectivity index (χ4n) is 1.50. The maximum atomic E-state index is 5.95. The molecular formula is C13H22ClN3. The van der Waals surface area contributed by atoms with Gasteiger partial charge < -0.3 is 16.0 Å². The zero-order valence-electron chi connectivity index (χ0n) is 10.8. The van der Waals surface area contributed by atoms with E-state index in [4.69, 9.17) is 17.3 Å². The van der Waals surface area contributed by atoms with E-state index in [-0.39, 0.29) is 0 Å². The quantitative estimate of drug-likeness (QED) is 0.606. The van der Waals surface area contributed by atoms with Crippen LogP contribution in [0.4, 0.5) is 11.4 Å². The van der Waals surface area contributed by atoms with Crippen molar-refractivity contribution in [3.63, 3.8) is 0 Å². The van der Waals surface area contributed by atoms with Crippen LogP contribution in [-0.2, 0) is 0 Å². The van der Waals surface area contributed by atoms with Gasteiger partial charge in [-0.1, -0.05) is 17.7 Å². The predicted octanol–water partition coefficient (Wildman–Crippen LogP) is 3.06. The molecule has 1 rings (SSSR count). The number of benzene rings is 1. The predicted molar refractivity (Wildman–Crippen MR) is 76.7 cm³/mol. The summed E-state index contributed by atoms with van der Waals surface area (Å²) in [7, 11) is 2.14. The van der Waals surface area contributed by atoms with Crippen LogP contribution in [0.1, 0.15) is 20.3 Å². The number of para-hydroxylation sites is 1. The number of nitrogens with zero attached hydrogens (tertiary/aromatic N) is 1. The smallest absolute Gasteiger partial charge is 0.0739 e. The van der Waals surface area contributed by atoms with Gasteiger partial charge in [0.1, 0.15) is 0 Å². The lowest BCUT2D eigenvalue weighted by molar-refractivity contribution is 0.273. The van der Waals surface area contributed by atoms with Crippen LogP contribution >= 0.6 is 11.6 Å². The van der Waals surface area contributed by atoms with Gasteiger partial charge in [-0.15, -0.1) is 0 Å². The van der Waals surface area contributed by atoms with Gasteiger partial charge in [-0.3, -0.25) is 0 Å². The van der Waals surface area contributed by atoms with Gasteiger partial charge in [-0.2, -0.15) is 0 Å². The van der Waals surface area contributed by atoms with E-state index in [2.05, 4.69) is 31.1 Å². The average molecular weight is 256 g/mol. The molecule has 1 aromatic rings. The second-order valence-electron chi connectivity index (χ2n) is 4.56. The first kappa shape index (κ1) is 14.1. The molecule has 0 aliphatic rings. The Labute approximate surface area is 109 Å². The summed E-state index contributed by atoms with van der Waals surface area (Å²) in [5, 5.41) is 3.92. The van der Waals surface area contributed by atoms with E-state index < -0.39 is 0 Å². The molecule has 0 aromatic heterocycles. The Bertz CT molecular complexity index is 353. The van der Waals surface area contributed by atoms with Crippen molar-refractivity contribution in [3.05, 3.63) is 23.2 Å². The molecule has 0 aliphatic heterocycles. The highest BCUT2D eigenvalue weighted by Crippen LogP contribution is 2.26. The number of hydrogen-bond acceptors (Lipinski definition) is 3. The summed E-state index contributed by atoms with van der Waals surface area (Å²) < 4.78 is 0. The van der Waals surface area contributed by atoms with Crippen molar-refractivity contribution in [2.24, 2.45) is 0 Å². The first-order valence-corrected chi connectivity index (χ1v) is 6.38. The van der Waals surface area contributed by atoms with Crippen molar-refractivity contribution in [1.82, 2.24) is 4.90 Å². The Kier molecular flexibility index (Phi) is 5.59. The van der Waals surface area contributed by atoms with Crippen LogP contribution in [0.5, 0.6) is 0 Å². The second-order valence-corrected chi connectivity index (χ2v) is 4.96. The number of nitrogen functional groups attached to an aromatic ring is 1. The van der Waals surface area contributed by atoms with Gasteiger partial charge in [-0.05, 0) is 46.0 Å². The second kappa shape index (κ2) is 6.72. The summed E-state index contributed by atoms with van der Waals surface area (Å²) in [4.78, 5) is 2.32. The van der Waals surface area contributed by atoms with E-state index in [1.807, 2.05) is 12.1 Å². The molecule has 17 heavy (non-hydrogen) atoms. The van der Waals surface area contributed by atoms with Gasteiger partial charge >= 0.3 is 0 Å². The van der Waals surface area contributed by atoms with E-state index >= 15 is 0 Å². The number of halogens is 1. The van der Waals surface area contributed by atoms with Crippen molar-refractivity contribution in [2.45, 2.75) is 26.3 Å². The largest absolute Gasteiger partial charge is 0.396 e. The summed E-state index contributed by atoms with van der Waals surface area (Å²) in [5.41, 5.74) is 7.42. The maximum Gasteiger partial charge on any atom is 0.0739 e. The molecule has 1 aromatic carbocycles. The van der Waals surface area contributed by atoms with Crippen LogP contribution in [0.3, 0.4) is 0 Å². The van der Waals surface area contributed by atoms with E-state index in [9.17, 15) is 0 Å². The molecule has 0 saturated heterocycles. The highest BCUT2D eigenvalue weighted by Gasteiger charge is 2.04. The van der Waals surface area contributed by atoms with E-state index in [1.165, 1.54) is 0 Å². The fourth-order valence-corrected chi connectivity index (χ4v) is 1.68. The number of anilines is 2. The molecule has 0 fully saturated rings. The molecule has 0 heterocycles. The first-order valence-electron chi connectivity index (χ1n) is 6.00. The van der Waals surface area contributed by atoms with Crippen molar-refractivity contribution in [3.8, 4) is 0 Å². The third-order valence-electron chi connectivity index (χ3n) is 2.94. The summed E-state index contributed by atoms with van der Waals surface area (Å²) in [6, 6.07) is 6.25. The Hall–Kier alpha value is -0.930. The lowest BCUT2D eigenvalue weighted by Crippen LogP contribution is -2.28. The standard InChI is InChI=1S/C13H22ClN3/c1-10(2)17(3)9-5-8-16-12-7-4-6-11(14)13(12)15/h4,6-7,10,16H,5,8-9,15H2,1-3H3. The number of rotatable bonds is 6. The number of nitrogens with two attached hydrogens (primary N) is 1. The maximum absolute atomic E-state index is 5.95. The van der Waals surface area contributed by atoms with Crippen molar-refractivity contribution >= 4 is 23.0 Å². The Morgan fingerprint density at radius 1 is 1.41 bits per heavy atom. The summed E-state index contributed by atoms with van der Waals surface area (Å²) in [6.07, 6.45) is 1.08. The van der Waals surface area contributed by atoms with E-state index in [0.717, 1.165) is 25.2 Å². The molecule has 3 nitrogen and oxygen atoms in total. The topological polar surface area (TPSA) is 41.3 Å². The monoisotopic (exact) mass is 255 g/mol. The highest BCUT2D eigenvalue weighted by atomic mass is 35.5. The van der Waals surface area contributed by atoms with Crippen LogP contribution in [-0.4, -0.2) is 31.1 Å². The van der Waals surface area contributed by atoms with Crippen LogP contribution in [0.15, 0.2) is 18.2 Å².